The van der Waals surface area contributed by atoms with Crippen molar-refractivity contribution < 1.29 is 14.6 Å². The Labute approximate surface area is 137 Å². The molecular weight excluding hydrogens is 292 g/mol. The zero-order valence-corrected chi connectivity index (χ0v) is 14.0. The summed E-state index contributed by atoms with van der Waals surface area (Å²) >= 11 is 0. The lowest BCUT2D eigenvalue weighted by Crippen LogP contribution is -2.38. The molecule has 3 rings (SSSR count). The molecule has 2 aliphatic rings. The average molecular weight is 318 g/mol. The summed E-state index contributed by atoms with van der Waals surface area (Å²) in [6.07, 6.45) is 0.884. The van der Waals surface area contributed by atoms with Crippen LogP contribution in [0.25, 0.3) is 0 Å². The van der Waals surface area contributed by atoms with Gasteiger partial charge in [0, 0.05) is 37.8 Å². The minimum Gasteiger partial charge on any atom is -0.387 e. The molecule has 1 aromatic rings. The highest BCUT2D eigenvalue weighted by atomic mass is 16.5. The maximum absolute atomic E-state index is 12.1. The molecule has 0 aliphatic carbocycles. The molecule has 1 fully saturated rings. The van der Waals surface area contributed by atoms with Gasteiger partial charge in [-0.2, -0.15) is 0 Å². The van der Waals surface area contributed by atoms with Crippen molar-refractivity contribution in [3.63, 3.8) is 0 Å². The number of nitrogens with zero attached hydrogens (tertiary/aromatic N) is 2. The minimum absolute atomic E-state index is 0.165. The monoisotopic (exact) mass is 318 g/mol. The molecule has 0 bridgehead atoms. The Morgan fingerprint density at radius 2 is 2.13 bits per heavy atom. The highest BCUT2D eigenvalue weighted by Gasteiger charge is 2.30. The number of amides is 1. The Morgan fingerprint density at radius 1 is 1.39 bits per heavy atom. The van der Waals surface area contributed by atoms with E-state index >= 15 is 0 Å². The summed E-state index contributed by atoms with van der Waals surface area (Å²) < 4.78 is 5.34. The van der Waals surface area contributed by atoms with Gasteiger partial charge in [-0.1, -0.05) is 19.1 Å². The summed E-state index contributed by atoms with van der Waals surface area (Å²) in [5, 5.41) is 10.5. The van der Waals surface area contributed by atoms with Gasteiger partial charge in [0.15, 0.2) is 0 Å². The first kappa shape index (κ1) is 16.4. The van der Waals surface area contributed by atoms with Gasteiger partial charge in [0.05, 0.1) is 19.3 Å². The first-order valence-corrected chi connectivity index (χ1v) is 8.53. The molecule has 126 valence electrons. The number of anilines is 1. The smallest absolute Gasteiger partial charge is 0.226 e. The number of ether oxygens (including phenoxy) is 1. The average Bonchev–Trinajstić information content (AvgIpc) is 2.90. The molecule has 1 aromatic carbocycles. The van der Waals surface area contributed by atoms with E-state index in [1.807, 2.05) is 24.0 Å². The molecule has 0 radical (unpaired) electrons. The molecular formula is C18H26N2O3. The fourth-order valence-electron chi connectivity index (χ4n) is 3.54. The Bertz CT molecular complexity index is 569. The number of β-amino-alcohol motifs (C(OH)–C–C–N with tert-alkyl or cyclic N) is 1. The van der Waals surface area contributed by atoms with Gasteiger partial charge in [0.2, 0.25) is 5.91 Å². The predicted octanol–water partition coefficient (Wildman–Crippen LogP) is 1.74. The third kappa shape index (κ3) is 3.42. The molecule has 5 heteroatoms. The molecule has 2 atom stereocenters. The summed E-state index contributed by atoms with van der Waals surface area (Å²) in [7, 11) is 0. The number of fused-ring (bicyclic) bond motifs is 1. The second kappa shape index (κ2) is 6.99. The number of hydrogen-bond donors (Lipinski definition) is 1. The first-order chi connectivity index (χ1) is 11.1. The fraction of sp³-hybridized carbons (Fsp3) is 0.611. The van der Waals surface area contributed by atoms with Crippen molar-refractivity contribution in [3.8, 4) is 0 Å². The lowest BCUT2D eigenvalue weighted by Gasteiger charge is -2.28. The Kier molecular flexibility index (Phi) is 4.99. The van der Waals surface area contributed by atoms with Crippen LogP contribution in [0, 0.1) is 0 Å². The third-order valence-corrected chi connectivity index (χ3v) is 4.81. The molecule has 0 spiro atoms. The van der Waals surface area contributed by atoms with E-state index in [-0.39, 0.29) is 11.9 Å². The van der Waals surface area contributed by atoms with Crippen molar-refractivity contribution in [1.82, 2.24) is 4.90 Å². The lowest BCUT2D eigenvalue weighted by atomic mass is 10.0. The molecule has 1 amide bonds. The molecule has 5 nitrogen and oxygen atoms in total. The maximum Gasteiger partial charge on any atom is 0.226 e. The number of aliphatic hydroxyl groups excluding tert-OH is 1. The van der Waals surface area contributed by atoms with E-state index in [9.17, 15) is 9.90 Å². The Balaban J connectivity index is 1.73. The van der Waals surface area contributed by atoms with Crippen molar-refractivity contribution in [1.29, 1.82) is 0 Å². The normalized spacial score (nSPS) is 22.9. The zero-order chi connectivity index (χ0) is 16.4. The largest absolute Gasteiger partial charge is 0.387 e. The predicted molar refractivity (Wildman–Crippen MR) is 89.6 cm³/mol. The van der Waals surface area contributed by atoms with Crippen LogP contribution in [-0.2, 0) is 16.0 Å². The van der Waals surface area contributed by atoms with Crippen LogP contribution in [0.5, 0.6) is 0 Å². The molecule has 0 aromatic heterocycles. The quantitative estimate of drug-likeness (QED) is 0.919. The van der Waals surface area contributed by atoms with E-state index in [1.54, 1.807) is 0 Å². The van der Waals surface area contributed by atoms with Gasteiger partial charge in [0.25, 0.3) is 0 Å². The summed E-state index contributed by atoms with van der Waals surface area (Å²) in [6.45, 7) is 7.83. The fourth-order valence-corrected chi connectivity index (χ4v) is 3.54. The van der Waals surface area contributed by atoms with Crippen LogP contribution < -0.4 is 4.90 Å². The van der Waals surface area contributed by atoms with Crippen molar-refractivity contribution in [2.45, 2.75) is 38.8 Å². The molecule has 2 heterocycles. The zero-order valence-electron chi connectivity index (χ0n) is 14.0. The standard InChI is InChI=1S/C18H26N2O3/c1-3-18(22)20-13(2)10-15-11-14(4-5-16(15)20)17(21)12-19-6-8-23-9-7-19/h4-5,11,13,17,21H,3,6-10,12H2,1-2H3. The van der Waals surface area contributed by atoms with Gasteiger partial charge < -0.3 is 14.7 Å². The van der Waals surface area contributed by atoms with Crippen molar-refractivity contribution in [2.75, 3.05) is 37.7 Å². The molecule has 0 saturated carbocycles. The van der Waals surface area contributed by atoms with Gasteiger partial charge in [0.1, 0.15) is 0 Å². The highest BCUT2D eigenvalue weighted by molar-refractivity contribution is 5.96. The summed E-state index contributed by atoms with van der Waals surface area (Å²) in [5.41, 5.74) is 3.11. The van der Waals surface area contributed by atoms with Crippen molar-refractivity contribution in [2.24, 2.45) is 0 Å². The maximum atomic E-state index is 12.1. The number of carbonyl (C=O) groups excluding carboxylic acids is 1. The molecule has 2 aliphatic heterocycles. The van der Waals surface area contributed by atoms with Crippen molar-refractivity contribution >= 4 is 11.6 Å². The number of carbonyl (C=O) groups is 1. The van der Waals surface area contributed by atoms with E-state index in [1.165, 1.54) is 0 Å². The van der Waals surface area contributed by atoms with Crippen LogP contribution >= 0.6 is 0 Å². The van der Waals surface area contributed by atoms with Gasteiger partial charge in [-0.3, -0.25) is 9.69 Å². The SMILES string of the molecule is CCC(=O)N1c2ccc(C(O)CN3CCOCC3)cc2CC1C. The number of benzene rings is 1. The van der Waals surface area contributed by atoms with Gasteiger partial charge in [-0.25, -0.2) is 0 Å². The molecule has 2 unspecified atom stereocenters. The van der Waals surface area contributed by atoms with E-state index < -0.39 is 6.10 Å². The van der Waals surface area contributed by atoms with Crippen LogP contribution in [0.2, 0.25) is 0 Å². The number of rotatable bonds is 4. The highest BCUT2D eigenvalue weighted by Crippen LogP contribution is 2.34. The molecule has 23 heavy (non-hydrogen) atoms. The van der Waals surface area contributed by atoms with Crippen LogP contribution in [-0.4, -0.2) is 54.8 Å². The third-order valence-electron chi connectivity index (χ3n) is 4.81. The number of hydrogen-bond acceptors (Lipinski definition) is 4. The second-order valence-electron chi connectivity index (χ2n) is 6.49. The topological polar surface area (TPSA) is 53.0 Å². The van der Waals surface area contributed by atoms with Crippen molar-refractivity contribution in [3.05, 3.63) is 29.3 Å². The van der Waals surface area contributed by atoms with Crippen LogP contribution in [0.3, 0.4) is 0 Å². The number of aliphatic hydroxyl groups is 1. The van der Waals surface area contributed by atoms with E-state index in [0.29, 0.717) is 13.0 Å². The van der Waals surface area contributed by atoms with E-state index in [0.717, 1.165) is 49.5 Å². The van der Waals surface area contributed by atoms with Crippen LogP contribution in [0.1, 0.15) is 37.5 Å². The minimum atomic E-state index is -0.496. The first-order valence-electron chi connectivity index (χ1n) is 8.53. The van der Waals surface area contributed by atoms with Gasteiger partial charge in [-0.05, 0) is 30.5 Å². The van der Waals surface area contributed by atoms with Gasteiger partial charge in [-0.15, -0.1) is 0 Å². The molecule has 1 saturated heterocycles. The van der Waals surface area contributed by atoms with E-state index in [4.69, 9.17) is 4.74 Å². The Morgan fingerprint density at radius 3 is 2.83 bits per heavy atom. The number of morpholine rings is 1. The second-order valence-corrected chi connectivity index (χ2v) is 6.49. The summed E-state index contributed by atoms with van der Waals surface area (Å²) in [4.78, 5) is 16.3. The van der Waals surface area contributed by atoms with Gasteiger partial charge >= 0.3 is 0 Å². The van der Waals surface area contributed by atoms with E-state index in [2.05, 4.69) is 17.9 Å². The molecule has 1 N–H and O–H groups in total. The summed E-state index contributed by atoms with van der Waals surface area (Å²) in [6, 6.07) is 6.21. The summed E-state index contributed by atoms with van der Waals surface area (Å²) in [5.74, 6) is 0.165. The van der Waals surface area contributed by atoms with Crippen LogP contribution in [0.4, 0.5) is 5.69 Å². The lowest BCUT2D eigenvalue weighted by molar-refractivity contribution is -0.118. The Hall–Kier alpha value is -1.43. The van der Waals surface area contributed by atoms with Crippen LogP contribution in [0.15, 0.2) is 18.2 Å².